The van der Waals surface area contributed by atoms with Crippen molar-refractivity contribution in [1.29, 1.82) is 0 Å². The van der Waals surface area contributed by atoms with Gasteiger partial charge in [-0.05, 0) is 146 Å². The largest absolute Gasteiger partial charge is 0.317 e. The van der Waals surface area contributed by atoms with E-state index in [-0.39, 0.29) is 0 Å². The Morgan fingerprint density at radius 3 is 1.62 bits per heavy atom. The van der Waals surface area contributed by atoms with Gasteiger partial charge in [0.2, 0.25) is 0 Å². The molecule has 0 amide bonds. The second-order valence-corrected chi connectivity index (χ2v) is 11.1. The van der Waals surface area contributed by atoms with Gasteiger partial charge in [0.1, 0.15) is 0 Å². The first-order valence-corrected chi connectivity index (χ1v) is 13.1. The van der Waals surface area contributed by atoms with Crippen molar-refractivity contribution in [3.63, 3.8) is 0 Å². The van der Waals surface area contributed by atoms with E-state index in [9.17, 15) is 0 Å². The van der Waals surface area contributed by atoms with Gasteiger partial charge in [-0.25, -0.2) is 0 Å². The van der Waals surface area contributed by atoms with Crippen LogP contribution in [0, 0.1) is 29.6 Å². The van der Waals surface area contributed by atoms with Gasteiger partial charge in [0.15, 0.2) is 0 Å². The van der Waals surface area contributed by atoms with E-state index in [4.69, 9.17) is 0 Å². The highest BCUT2D eigenvalue weighted by Crippen LogP contribution is 2.55. The molecule has 0 radical (unpaired) electrons. The second-order valence-electron chi connectivity index (χ2n) is 11.1. The standard InChI is InChI=1S/C25H48N4/c1-2-26-7-3-4-8-27-18-23-14-24(23)19-28-9-5-6-10-29-25-15-20-11-21(16-25)13-22(12-20)17-25/h20-24,26-29H,2-19H2,1H3. The summed E-state index contributed by atoms with van der Waals surface area (Å²) in [6.45, 7) is 10.6. The fourth-order valence-electron chi connectivity index (χ4n) is 7.12. The number of nitrogens with one attached hydrogen (secondary N) is 4. The minimum atomic E-state index is 0.558. The van der Waals surface area contributed by atoms with E-state index >= 15 is 0 Å². The molecular formula is C25H48N4. The predicted octanol–water partition coefficient (Wildman–Crippen LogP) is 3.53. The Morgan fingerprint density at radius 1 is 0.621 bits per heavy atom. The van der Waals surface area contributed by atoms with Gasteiger partial charge >= 0.3 is 0 Å². The Morgan fingerprint density at radius 2 is 1.10 bits per heavy atom. The van der Waals surface area contributed by atoms with Crippen LogP contribution in [0.1, 0.15) is 77.6 Å². The Labute approximate surface area is 180 Å². The zero-order valence-corrected chi connectivity index (χ0v) is 19.1. The molecule has 0 heterocycles. The van der Waals surface area contributed by atoms with Crippen molar-refractivity contribution in [2.75, 3.05) is 45.8 Å². The molecular weight excluding hydrogens is 356 g/mol. The van der Waals surface area contributed by atoms with Crippen LogP contribution in [0.25, 0.3) is 0 Å². The molecule has 2 atom stereocenters. The van der Waals surface area contributed by atoms with Gasteiger partial charge in [0, 0.05) is 5.54 Å². The summed E-state index contributed by atoms with van der Waals surface area (Å²) in [5.41, 5.74) is 0.558. The van der Waals surface area contributed by atoms with Crippen molar-refractivity contribution in [3.8, 4) is 0 Å². The van der Waals surface area contributed by atoms with Crippen molar-refractivity contribution < 1.29 is 0 Å². The smallest absolute Gasteiger partial charge is 0.0189 e. The topological polar surface area (TPSA) is 48.1 Å². The zero-order chi connectivity index (χ0) is 19.9. The summed E-state index contributed by atoms with van der Waals surface area (Å²) in [4.78, 5) is 0. The van der Waals surface area contributed by atoms with E-state index in [2.05, 4.69) is 28.2 Å². The number of rotatable bonds is 16. The van der Waals surface area contributed by atoms with E-state index in [1.807, 2.05) is 0 Å². The van der Waals surface area contributed by atoms with Crippen LogP contribution in [0.4, 0.5) is 0 Å². The normalized spacial score (nSPS) is 37.3. The molecule has 0 spiro atoms. The summed E-state index contributed by atoms with van der Waals surface area (Å²) in [6.07, 6.45) is 15.9. The van der Waals surface area contributed by atoms with Crippen LogP contribution in [-0.2, 0) is 0 Å². The fourth-order valence-corrected chi connectivity index (χ4v) is 7.12. The minimum Gasteiger partial charge on any atom is -0.317 e. The lowest BCUT2D eigenvalue weighted by Gasteiger charge is -2.57. The summed E-state index contributed by atoms with van der Waals surface area (Å²) < 4.78 is 0. The maximum atomic E-state index is 4.05. The monoisotopic (exact) mass is 404 g/mol. The summed E-state index contributed by atoms with van der Waals surface area (Å²) in [5, 5.41) is 14.8. The Kier molecular flexibility index (Phi) is 8.31. The van der Waals surface area contributed by atoms with E-state index in [1.54, 1.807) is 19.3 Å². The SMILES string of the molecule is CCNCCCCNCC1CC1CNCCCCNC12CC3CC(CC(C3)C1)C2. The van der Waals surface area contributed by atoms with Crippen LogP contribution in [-0.4, -0.2) is 51.4 Å². The zero-order valence-electron chi connectivity index (χ0n) is 19.1. The maximum absolute atomic E-state index is 4.05. The van der Waals surface area contributed by atoms with E-state index in [1.165, 1.54) is 90.6 Å². The van der Waals surface area contributed by atoms with Crippen LogP contribution in [0.5, 0.6) is 0 Å². The molecule has 4 heteroatoms. The molecule has 4 nitrogen and oxygen atoms in total. The van der Waals surface area contributed by atoms with Gasteiger partial charge in [-0.15, -0.1) is 0 Å². The first kappa shape index (κ1) is 22.0. The van der Waals surface area contributed by atoms with E-state index in [0.717, 1.165) is 36.1 Å². The molecule has 0 aromatic heterocycles. The van der Waals surface area contributed by atoms with Gasteiger partial charge in [0.25, 0.3) is 0 Å². The molecule has 29 heavy (non-hydrogen) atoms. The molecule has 5 saturated carbocycles. The molecule has 0 aromatic rings. The lowest BCUT2D eigenvalue weighted by Crippen LogP contribution is -2.58. The Bertz CT molecular complexity index is 444. The highest BCUT2D eigenvalue weighted by Gasteiger charge is 2.50. The van der Waals surface area contributed by atoms with Crippen molar-refractivity contribution >= 4 is 0 Å². The third-order valence-corrected chi connectivity index (χ3v) is 8.41. The second kappa shape index (κ2) is 10.9. The molecule has 5 fully saturated rings. The Balaban J connectivity index is 0.947. The molecule has 168 valence electrons. The number of hydrogen-bond acceptors (Lipinski definition) is 4. The molecule has 5 rings (SSSR count). The summed E-state index contributed by atoms with van der Waals surface area (Å²) >= 11 is 0. The summed E-state index contributed by atoms with van der Waals surface area (Å²) in [5.74, 6) is 5.07. The molecule has 0 aromatic carbocycles. The van der Waals surface area contributed by atoms with Crippen LogP contribution in [0.15, 0.2) is 0 Å². The molecule has 5 aliphatic rings. The molecule has 0 aliphatic heterocycles. The average molecular weight is 405 g/mol. The van der Waals surface area contributed by atoms with Crippen molar-refractivity contribution in [2.24, 2.45) is 29.6 Å². The predicted molar refractivity (Wildman–Crippen MR) is 123 cm³/mol. The first-order chi connectivity index (χ1) is 14.3. The van der Waals surface area contributed by atoms with Gasteiger partial charge in [-0.1, -0.05) is 6.92 Å². The molecule has 4 N–H and O–H groups in total. The quantitative estimate of drug-likeness (QED) is 0.297. The molecule has 0 saturated heterocycles. The van der Waals surface area contributed by atoms with Crippen molar-refractivity contribution in [3.05, 3.63) is 0 Å². The van der Waals surface area contributed by atoms with Crippen LogP contribution in [0.2, 0.25) is 0 Å². The van der Waals surface area contributed by atoms with Crippen LogP contribution < -0.4 is 21.3 Å². The minimum absolute atomic E-state index is 0.558. The van der Waals surface area contributed by atoms with E-state index in [0.29, 0.717) is 5.54 Å². The molecule has 2 unspecified atom stereocenters. The lowest BCUT2D eigenvalue weighted by molar-refractivity contribution is -0.0195. The number of hydrogen-bond donors (Lipinski definition) is 4. The van der Waals surface area contributed by atoms with Gasteiger partial charge in [-0.2, -0.15) is 0 Å². The average Bonchev–Trinajstić information content (AvgIpc) is 3.43. The highest BCUT2D eigenvalue weighted by molar-refractivity contribution is 5.06. The molecule has 4 bridgehead atoms. The fraction of sp³-hybridized carbons (Fsp3) is 1.00. The molecule has 5 aliphatic carbocycles. The lowest BCUT2D eigenvalue weighted by atomic mass is 9.53. The van der Waals surface area contributed by atoms with Crippen LogP contribution >= 0.6 is 0 Å². The third-order valence-electron chi connectivity index (χ3n) is 8.41. The first-order valence-electron chi connectivity index (χ1n) is 13.1. The Hall–Kier alpha value is -0.160. The highest BCUT2D eigenvalue weighted by atomic mass is 15.0. The van der Waals surface area contributed by atoms with Gasteiger partial charge < -0.3 is 21.3 Å². The summed E-state index contributed by atoms with van der Waals surface area (Å²) in [7, 11) is 0. The van der Waals surface area contributed by atoms with Crippen molar-refractivity contribution in [2.45, 2.75) is 83.1 Å². The van der Waals surface area contributed by atoms with Crippen molar-refractivity contribution in [1.82, 2.24) is 21.3 Å². The van der Waals surface area contributed by atoms with Crippen LogP contribution in [0.3, 0.4) is 0 Å². The third kappa shape index (κ3) is 6.66. The van der Waals surface area contributed by atoms with Gasteiger partial charge in [0.05, 0.1) is 0 Å². The summed E-state index contributed by atoms with van der Waals surface area (Å²) in [6, 6.07) is 0. The van der Waals surface area contributed by atoms with Gasteiger partial charge in [-0.3, -0.25) is 0 Å². The number of unbranched alkanes of at least 4 members (excludes halogenated alkanes) is 2. The van der Waals surface area contributed by atoms with E-state index < -0.39 is 0 Å². The maximum Gasteiger partial charge on any atom is 0.0189 e.